The number of hydrogen-bond donors (Lipinski definition) is 1. The summed E-state index contributed by atoms with van der Waals surface area (Å²) >= 11 is 9.37. The third kappa shape index (κ3) is 3.19. The van der Waals surface area contributed by atoms with Crippen LogP contribution in [0.1, 0.15) is 24.1 Å². The van der Waals surface area contributed by atoms with E-state index in [-0.39, 0.29) is 5.56 Å². The van der Waals surface area contributed by atoms with Gasteiger partial charge in [-0.3, -0.25) is 0 Å². The first-order valence-electron chi connectivity index (χ1n) is 6.16. The van der Waals surface area contributed by atoms with Crippen LogP contribution in [-0.4, -0.2) is 6.54 Å². The van der Waals surface area contributed by atoms with Gasteiger partial charge in [0.25, 0.3) is 0 Å². The first kappa shape index (κ1) is 15.4. The number of hydrogen-bond acceptors (Lipinski definition) is 1. The predicted octanol–water partition coefficient (Wildman–Crippen LogP) is 5.08. The van der Waals surface area contributed by atoms with Crippen molar-refractivity contribution in [3.05, 3.63) is 68.7 Å². The minimum absolute atomic E-state index is 0.00717. The molecule has 0 aliphatic carbocycles. The largest absolute Gasteiger partial charge is 0.306 e. The van der Waals surface area contributed by atoms with Crippen molar-refractivity contribution in [3.8, 4) is 0 Å². The molecular weight excluding hydrogens is 348 g/mol. The summed E-state index contributed by atoms with van der Waals surface area (Å²) in [4.78, 5) is 0. The van der Waals surface area contributed by atoms with Gasteiger partial charge in [0, 0.05) is 10.0 Å². The molecule has 0 aliphatic rings. The summed E-state index contributed by atoms with van der Waals surface area (Å²) in [5.74, 6) is -1.15. The Kier molecular flexibility index (Phi) is 5.13. The van der Waals surface area contributed by atoms with E-state index in [2.05, 4.69) is 21.2 Å². The summed E-state index contributed by atoms with van der Waals surface area (Å²) in [5.41, 5.74) is 0.719. The van der Waals surface area contributed by atoms with Gasteiger partial charge in [-0.15, -0.1) is 0 Å². The van der Waals surface area contributed by atoms with Gasteiger partial charge in [0.15, 0.2) is 0 Å². The first-order chi connectivity index (χ1) is 9.54. The predicted molar refractivity (Wildman–Crippen MR) is 81.0 cm³/mol. The van der Waals surface area contributed by atoms with Crippen molar-refractivity contribution in [3.63, 3.8) is 0 Å². The zero-order chi connectivity index (χ0) is 14.7. The first-order valence-corrected chi connectivity index (χ1v) is 7.34. The van der Waals surface area contributed by atoms with Crippen LogP contribution in [0.3, 0.4) is 0 Å². The maximum Gasteiger partial charge on any atom is 0.131 e. The van der Waals surface area contributed by atoms with E-state index in [0.717, 1.165) is 4.47 Å². The van der Waals surface area contributed by atoms with Crippen LogP contribution in [-0.2, 0) is 0 Å². The molecule has 0 amide bonds. The Bertz CT molecular complexity index is 599. The Morgan fingerprint density at radius 2 is 1.85 bits per heavy atom. The summed E-state index contributed by atoms with van der Waals surface area (Å²) in [7, 11) is 0. The molecule has 1 atom stereocenters. The molecule has 1 N–H and O–H groups in total. The quantitative estimate of drug-likeness (QED) is 0.802. The zero-order valence-electron chi connectivity index (χ0n) is 10.8. The minimum atomic E-state index is -0.577. The second-order valence-electron chi connectivity index (χ2n) is 4.30. The minimum Gasteiger partial charge on any atom is -0.306 e. The average molecular weight is 361 g/mol. The van der Waals surface area contributed by atoms with Gasteiger partial charge in [-0.25, -0.2) is 8.78 Å². The molecule has 0 saturated heterocycles. The highest BCUT2D eigenvalue weighted by molar-refractivity contribution is 9.10. The lowest BCUT2D eigenvalue weighted by Gasteiger charge is -2.20. The highest BCUT2D eigenvalue weighted by atomic mass is 79.9. The van der Waals surface area contributed by atoms with Gasteiger partial charge in [0.2, 0.25) is 0 Å². The van der Waals surface area contributed by atoms with Gasteiger partial charge < -0.3 is 5.32 Å². The number of rotatable bonds is 4. The van der Waals surface area contributed by atoms with Crippen molar-refractivity contribution in [1.82, 2.24) is 5.32 Å². The molecule has 1 unspecified atom stereocenters. The monoisotopic (exact) mass is 359 g/mol. The summed E-state index contributed by atoms with van der Waals surface area (Å²) in [6.07, 6.45) is 0. The van der Waals surface area contributed by atoms with Gasteiger partial charge in [0.1, 0.15) is 11.6 Å². The second kappa shape index (κ2) is 6.66. The maximum atomic E-state index is 14.0. The van der Waals surface area contributed by atoms with E-state index >= 15 is 0 Å². The van der Waals surface area contributed by atoms with Crippen LogP contribution in [0.5, 0.6) is 0 Å². The van der Waals surface area contributed by atoms with E-state index in [1.807, 2.05) is 6.92 Å². The van der Waals surface area contributed by atoms with Crippen LogP contribution in [0.4, 0.5) is 8.78 Å². The molecule has 0 aromatic heterocycles. The molecular formula is C15H13BrClF2N. The Morgan fingerprint density at radius 3 is 2.40 bits per heavy atom. The fourth-order valence-corrected chi connectivity index (χ4v) is 2.50. The number of nitrogens with one attached hydrogen (secondary N) is 1. The molecule has 1 nitrogen and oxygen atoms in total. The third-order valence-corrected chi connectivity index (χ3v) is 4.21. The molecule has 0 aliphatic heterocycles. The van der Waals surface area contributed by atoms with Gasteiger partial charge in [0.05, 0.1) is 11.1 Å². The molecule has 0 radical (unpaired) electrons. The van der Waals surface area contributed by atoms with Crippen LogP contribution in [0.25, 0.3) is 0 Å². The molecule has 0 heterocycles. The van der Waals surface area contributed by atoms with Crippen molar-refractivity contribution in [2.24, 2.45) is 0 Å². The normalized spacial score (nSPS) is 12.4. The van der Waals surface area contributed by atoms with Crippen LogP contribution < -0.4 is 5.32 Å². The van der Waals surface area contributed by atoms with Crippen molar-refractivity contribution < 1.29 is 8.78 Å². The fourth-order valence-electron chi connectivity index (χ4n) is 2.07. The lowest BCUT2D eigenvalue weighted by atomic mass is 9.97. The van der Waals surface area contributed by atoms with Crippen LogP contribution in [0.15, 0.2) is 40.9 Å². The highest BCUT2D eigenvalue weighted by Gasteiger charge is 2.21. The van der Waals surface area contributed by atoms with Crippen LogP contribution >= 0.6 is 27.5 Å². The smallest absolute Gasteiger partial charge is 0.131 e. The van der Waals surface area contributed by atoms with E-state index < -0.39 is 17.7 Å². The second-order valence-corrected chi connectivity index (χ2v) is 5.56. The average Bonchev–Trinajstić information content (AvgIpc) is 2.41. The summed E-state index contributed by atoms with van der Waals surface area (Å²) < 4.78 is 28.7. The maximum absolute atomic E-state index is 14.0. The number of halogens is 4. The molecule has 5 heteroatoms. The van der Waals surface area contributed by atoms with Gasteiger partial charge >= 0.3 is 0 Å². The van der Waals surface area contributed by atoms with Crippen molar-refractivity contribution in [2.75, 3.05) is 6.54 Å². The third-order valence-electron chi connectivity index (χ3n) is 2.97. The van der Waals surface area contributed by atoms with E-state index in [9.17, 15) is 8.78 Å². The Balaban J connectivity index is 2.53. The van der Waals surface area contributed by atoms with Crippen molar-refractivity contribution in [1.29, 1.82) is 0 Å². The molecule has 2 aromatic carbocycles. The SMILES string of the molecule is CCNC(c1ccc(Br)c(Cl)c1)c1c(F)cccc1F. The fraction of sp³-hybridized carbons (Fsp3) is 0.200. The standard InChI is InChI=1S/C15H13BrClF2N/c1-2-20-15(9-6-7-10(16)11(17)8-9)14-12(18)4-3-5-13(14)19/h3-8,15,20H,2H2,1H3. The molecule has 106 valence electrons. The van der Waals surface area contributed by atoms with Crippen molar-refractivity contribution in [2.45, 2.75) is 13.0 Å². The van der Waals surface area contributed by atoms with E-state index in [1.54, 1.807) is 18.2 Å². The molecule has 0 fully saturated rings. The van der Waals surface area contributed by atoms with Crippen LogP contribution in [0, 0.1) is 11.6 Å². The highest BCUT2D eigenvalue weighted by Crippen LogP contribution is 2.31. The van der Waals surface area contributed by atoms with Gasteiger partial charge in [-0.2, -0.15) is 0 Å². The summed E-state index contributed by atoms with van der Waals surface area (Å²) in [6, 6.07) is 8.53. The Morgan fingerprint density at radius 1 is 1.20 bits per heavy atom. The summed E-state index contributed by atoms with van der Waals surface area (Å²) in [5, 5.41) is 3.59. The molecule has 2 rings (SSSR count). The molecule has 0 bridgehead atoms. The summed E-state index contributed by atoms with van der Waals surface area (Å²) in [6.45, 7) is 2.46. The number of benzene rings is 2. The molecule has 0 spiro atoms. The molecule has 0 saturated carbocycles. The molecule has 20 heavy (non-hydrogen) atoms. The van der Waals surface area contributed by atoms with Crippen LogP contribution in [0.2, 0.25) is 5.02 Å². The Hall–Kier alpha value is -0.970. The molecule has 2 aromatic rings. The lowest BCUT2D eigenvalue weighted by Crippen LogP contribution is -2.24. The van der Waals surface area contributed by atoms with E-state index in [0.29, 0.717) is 17.1 Å². The zero-order valence-corrected chi connectivity index (χ0v) is 13.1. The Labute approximate surface area is 130 Å². The topological polar surface area (TPSA) is 12.0 Å². The van der Waals surface area contributed by atoms with Crippen molar-refractivity contribution >= 4 is 27.5 Å². The van der Waals surface area contributed by atoms with E-state index in [1.165, 1.54) is 18.2 Å². The van der Waals surface area contributed by atoms with Gasteiger partial charge in [-0.05, 0) is 52.3 Å². The van der Waals surface area contributed by atoms with Gasteiger partial charge in [-0.1, -0.05) is 30.7 Å². The lowest BCUT2D eigenvalue weighted by molar-refractivity contribution is 0.510. The van der Waals surface area contributed by atoms with E-state index in [4.69, 9.17) is 11.6 Å².